The first-order chi connectivity index (χ1) is 19.6. The minimum absolute atomic E-state index is 0.0324. The van der Waals surface area contributed by atoms with Gasteiger partial charge in [-0.25, -0.2) is 8.42 Å². The summed E-state index contributed by atoms with van der Waals surface area (Å²) in [7, 11) is 1.84. The second kappa shape index (κ2) is 17.1. The summed E-state index contributed by atoms with van der Waals surface area (Å²) in [6.07, 6.45) is 0.750. The Hall–Kier alpha value is -3.95. The number of anilines is 1. The van der Waals surface area contributed by atoms with Crippen molar-refractivity contribution in [3.05, 3.63) is 36.4 Å². The lowest BCUT2D eigenvalue weighted by atomic mass is 10.1. The summed E-state index contributed by atoms with van der Waals surface area (Å²) in [6, 6.07) is 9.84. The first-order valence-electron chi connectivity index (χ1n) is 13.2. The van der Waals surface area contributed by atoms with Crippen LogP contribution >= 0.6 is 0 Å². The van der Waals surface area contributed by atoms with E-state index in [0.717, 1.165) is 38.0 Å². The Morgan fingerprint density at radius 3 is 2.02 bits per heavy atom. The Morgan fingerprint density at radius 2 is 1.50 bits per heavy atom. The van der Waals surface area contributed by atoms with Crippen LogP contribution in [0.1, 0.15) is 26.7 Å². The Morgan fingerprint density at radius 1 is 0.976 bits per heavy atom. The number of amides is 1. The van der Waals surface area contributed by atoms with Gasteiger partial charge in [0, 0.05) is 77.1 Å². The molecule has 0 aromatic heterocycles. The highest BCUT2D eigenvalue weighted by Gasteiger charge is 2.31. The van der Waals surface area contributed by atoms with Gasteiger partial charge in [0.1, 0.15) is 6.04 Å². The van der Waals surface area contributed by atoms with E-state index >= 15 is 0 Å². The van der Waals surface area contributed by atoms with Crippen molar-refractivity contribution in [1.82, 2.24) is 14.5 Å². The van der Waals surface area contributed by atoms with Crippen LogP contribution in [-0.4, -0.2) is 112 Å². The van der Waals surface area contributed by atoms with Crippen molar-refractivity contribution in [2.75, 3.05) is 58.8 Å². The molecule has 15 heteroatoms. The predicted octanol–water partition coefficient (Wildman–Crippen LogP) is 0.562. The number of carbonyl (C=O) groups excluding carboxylic acids is 1. The molecule has 1 saturated heterocycles. The SMILES string of the molecule is CC(=O)O.CC(=O)O.CN1CCN(C(=O)[C@H](CCCN=C(N)N)NS(=O)(=O)c2cccc3c(N(C)C)cccc23)CC1. The maximum atomic E-state index is 13.5. The number of rotatable bonds is 9. The summed E-state index contributed by atoms with van der Waals surface area (Å²) in [5.41, 5.74) is 11.7. The van der Waals surface area contributed by atoms with E-state index in [1.165, 1.54) is 0 Å². The Balaban J connectivity index is 0.000000978. The smallest absolute Gasteiger partial charge is 0.300 e. The first kappa shape index (κ1) is 36.1. The largest absolute Gasteiger partial charge is 0.481 e. The minimum atomic E-state index is -3.99. The molecular weight excluding hydrogens is 566 g/mol. The molecule has 1 amide bonds. The topological polar surface area (TPSA) is 212 Å². The summed E-state index contributed by atoms with van der Waals surface area (Å²) in [6.45, 7) is 5.09. The molecule has 0 unspecified atom stereocenters. The summed E-state index contributed by atoms with van der Waals surface area (Å²) >= 11 is 0. The van der Waals surface area contributed by atoms with Gasteiger partial charge in [-0.05, 0) is 32.0 Å². The van der Waals surface area contributed by atoms with Crippen LogP contribution in [0.4, 0.5) is 5.69 Å². The predicted molar refractivity (Wildman–Crippen MR) is 163 cm³/mol. The van der Waals surface area contributed by atoms with Gasteiger partial charge in [0.25, 0.3) is 11.9 Å². The van der Waals surface area contributed by atoms with Gasteiger partial charge in [-0.15, -0.1) is 0 Å². The van der Waals surface area contributed by atoms with E-state index in [2.05, 4.69) is 14.6 Å². The molecule has 1 aliphatic heterocycles. The van der Waals surface area contributed by atoms with Gasteiger partial charge in [-0.3, -0.25) is 19.4 Å². The molecule has 234 valence electrons. The number of aliphatic carboxylic acids is 2. The molecule has 1 fully saturated rings. The fourth-order valence-electron chi connectivity index (χ4n) is 4.12. The first-order valence-corrected chi connectivity index (χ1v) is 14.7. The summed E-state index contributed by atoms with van der Waals surface area (Å²) in [4.78, 5) is 41.2. The Kier molecular flexibility index (Phi) is 14.7. The molecule has 1 heterocycles. The van der Waals surface area contributed by atoms with Crippen LogP contribution in [0.25, 0.3) is 10.8 Å². The van der Waals surface area contributed by atoms with Gasteiger partial charge in [-0.1, -0.05) is 24.3 Å². The van der Waals surface area contributed by atoms with Crippen LogP contribution < -0.4 is 21.1 Å². The molecule has 0 aliphatic carbocycles. The molecule has 0 saturated carbocycles. The highest BCUT2D eigenvalue weighted by molar-refractivity contribution is 7.89. The molecule has 0 spiro atoms. The molecule has 1 aliphatic rings. The molecule has 1 atom stereocenters. The fourth-order valence-corrected chi connectivity index (χ4v) is 5.57. The van der Waals surface area contributed by atoms with E-state index in [0.29, 0.717) is 31.4 Å². The van der Waals surface area contributed by atoms with Crippen LogP contribution in [0, 0.1) is 0 Å². The lowest BCUT2D eigenvalue weighted by Gasteiger charge is -2.34. The van der Waals surface area contributed by atoms with Crippen LogP contribution in [0.5, 0.6) is 0 Å². The zero-order chi connectivity index (χ0) is 32.0. The van der Waals surface area contributed by atoms with Crippen molar-refractivity contribution in [3.8, 4) is 0 Å². The van der Waals surface area contributed by atoms with Crippen molar-refractivity contribution >= 4 is 50.3 Å². The number of nitrogens with zero attached hydrogens (tertiary/aromatic N) is 4. The van der Waals surface area contributed by atoms with Crippen LogP contribution in [0.15, 0.2) is 46.3 Å². The quantitative estimate of drug-likeness (QED) is 0.151. The van der Waals surface area contributed by atoms with Crippen LogP contribution in [0.2, 0.25) is 0 Å². The lowest BCUT2D eigenvalue weighted by Crippen LogP contribution is -2.54. The Labute approximate surface area is 247 Å². The summed E-state index contributed by atoms with van der Waals surface area (Å²) in [5.74, 6) is -1.93. The highest BCUT2D eigenvalue weighted by atomic mass is 32.2. The molecule has 2 aromatic carbocycles. The number of aliphatic imine (C=N–C) groups is 1. The zero-order valence-electron chi connectivity index (χ0n) is 24.8. The third-order valence-corrected chi connectivity index (χ3v) is 7.52. The maximum absolute atomic E-state index is 13.5. The second-order valence-electron chi connectivity index (χ2n) is 9.81. The van der Waals surface area contributed by atoms with Crippen LogP contribution in [0.3, 0.4) is 0 Å². The number of guanidine groups is 1. The highest BCUT2D eigenvalue weighted by Crippen LogP contribution is 2.30. The van der Waals surface area contributed by atoms with Crippen LogP contribution in [-0.2, 0) is 24.4 Å². The Bertz CT molecular complexity index is 1320. The van der Waals surface area contributed by atoms with Crippen molar-refractivity contribution in [2.24, 2.45) is 16.5 Å². The monoisotopic (exact) mass is 609 g/mol. The molecule has 14 nitrogen and oxygen atoms in total. The number of piperazine rings is 1. The van der Waals surface area contributed by atoms with Gasteiger partial charge in [0.15, 0.2) is 5.96 Å². The van der Waals surface area contributed by atoms with Crippen molar-refractivity contribution in [3.63, 3.8) is 0 Å². The number of hydrogen-bond donors (Lipinski definition) is 5. The van der Waals surface area contributed by atoms with Crippen molar-refractivity contribution in [1.29, 1.82) is 0 Å². The van der Waals surface area contributed by atoms with E-state index in [1.54, 1.807) is 23.1 Å². The number of benzene rings is 2. The maximum Gasteiger partial charge on any atom is 0.300 e. The molecule has 7 N–H and O–H groups in total. The van der Waals surface area contributed by atoms with Gasteiger partial charge < -0.3 is 36.4 Å². The number of carbonyl (C=O) groups is 3. The van der Waals surface area contributed by atoms with Gasteiger partial charge in [0.05, 0.1) is 4.90 Å². The standard InChI is InChI=1S/C23H35N7O3S.2C2H4O2/c1-28(2)20-10-4-8-18-17(20)7-5-11-21(18)34(32,33)27-19(9-6-12-26-23(24)25)22(31)30-15-13-29(3)14-16-30;2*1-2(3)4/h4-5,7-8,10-11,19,27H,6,9,12-16H2,1-3H3,(H4,24,25,26);2*1H3,(H,3,4)/t19-;;/m0../s1. The van der Waals surface area contributed by atoms with Gasteiger partial charge >= 0.3 is 0 Å². The number of nitrogens with one attached hydrogen (secondary N) is 1. The number of likely N-dealkylation sites (N-methyl/N-ethyl adjacent to an activating group) is 1. The molecular formula is C27H43N7O7S. The average molecular weight is 610 g/mol. The van der Waals surface area contributed by atoms with E-state index in [-0.39, 0.29) is 23.2 Å². The van der Waals surface area contributed by atoms with E-state index in [1.807, 2.05) is 44.2 Å². The molecule has 0 bridgehead atoms. The number of carboxylic acid groups (broad SMARTS) is 2. The molecule has 2 aromatic rings. The molecule has 0 radical (unpaired) electrons. The van der Waals surface area contributed by atoms with Crippen molar-refractivity contribution in [2.45, 2.75) is 37.6 Å². The number of hydrogen-bond acceptors (Lipinski definition) is 8. The number of nitrogens with two attached hydrogens (primary N) is 2. The van der Waals surface area contributed by atoms with E-state index in [4.69, 9.17) is 31.3 Å². The number of fused-ring (bicyclic) bond motifs is 1. The number of carboxylic acids is 2. The number of sulfonamides is 1. The third kappa shape index (κ3) is 12.3. The van der Waals surface area contributed by atoms with Gasteiger partial charge in [-0.2, -0.15) is 4.72 Å². The zero-order valence-corrected chi connectivity index (χ0v) is 25.6. The van der Waals surface area contributed by atoms with E-state index in [9.17, 15) is 13.2 Å². The molecule has 3 rings (SSSR count). The van der Waals surface area contributed by atoms with Gasteiger partial charge in [0.2, 0.25) is 15.9 Å². The summed E-state index contributed by atoms with van der Waals surface area (Å²) in [5, 5.41) is 16.3. The average Bonchev–Trinajstić information content (AvgIpc) is 2.88. The van der Waals surface area contributed by atoms with Crippen molar-refractivity contribution < 1.29 is 33.0 Å². The molecule has 42 heavy (non-hydrogen) atoms. The summed E-state index contributed by atoms with van der Waals surface area (Å²) < 4.78 is 29.8. The van der Waals surface area contributed by atoms with E-state index < -0.39 is 28.0 Å². The normalized spacial score (nSPS) is 14.0. The third-order valence-electron chi connectivity index (χ3n) is 5.99. The lowest BCUT2D eigenvalue weighted by molar-refractivity contribution is -0.135. The minimum Gasteiger partial charge on any atom is -0.481 e. The fraction of sp³-hybridized carbons (Fsp3) is 0.481. The second-order valence-corrected chi connectivity index (χ2v) is 11.5.